The number of carbonyl (C=O) groups is 2. The fourth-order valence-electron chi connectivity index (χ4n) is 2.17. The number of aryl methyl sites for hydroxylation is 1. The van der Waals surface area contributed by atoms with Gasteiger partial charge in [0.15, 0.2) is 5.76 Å². The molecule has 112 valence electrons. The molecule has 0 fully saturated rings. The summed E-state index contributed by atoms with van der Waals surface area (Å²) in [6.07, 6.45) is -4.52. The molecule has 1 aromatic rings. The van der Waals surface area contributed by atoms with E-state index in [4.69, 9.17) is 4.42 Å². The maximum absolute atomic E-state index is 12.2. The van der Waals surface area contributed by atoms with E-state index >= 15 is 0 Å². The Hall–Kier alpha value is -1.59. The van der Waals surface area contributed by atoms with Gasteiger partial charge in [-0.25, -0.2) is 0 Å². The zero-order chi connectivity index (χ0) is 15.5. The Labute approximate surface area is 115 Å². The van der Waals surface area contributed by atoms with Gasteiger partial charge in [-0.3, -0.25) is 9.59 Å². The fourth-order valence-corrected chi connectivity index (χ4v) is 2.17. The number of furan rings is 1. The highest BCUT2D eigenvalue weighted by atomic mass is 19.4. The Balaban J connectivity index is 3.10. The molecule has 0 radical (unpaired) electrons. The molecule has 20 heavy (non-hydrogen) atoms. The Morgan fingerprint density at radius 2 is 1.55 bits per heavy atom. The van der Waals surface area contributed by atoms with Crippen LogP contribution < -0.4 is 0 Å². The van der Waals surface area contributed by atoms with E-state index in [1.54, 1.807) is 6.92 Å². The van der Waals surface area contributed by atoms with Gasteiger partial charge in [-0.05, 0) is 18.4 Å². The molecule has 0 saturated carbocycles. The van der Waals surface area contributed by atoms with E-state index in [2.05, 4.69) is 0 Å². The van der Waals surface area contributed by atoms with Crippen LogP contribution in [0.1, 0.15) is 54.6 Å². The molecule has 0 aliphatic heterocycles. The van der Waals surface area contributed by atoms with Crippen LogP contribution in [0.5, 0.6) is 0 Å². The number of alkyl halides is 3. The summed E-state index contributed by atoms with van der Waals surface area (Å²) in [7, 11) is 0. The number of ketones is 2. The minimum atomic E-state index is -4.99. The van der Waals surface area contributed by atoms with Gasteiger partial charge >= 0.3 is 6.18 Å². The number of hydrogen-bond donors (Lipinski definition) is 0. The van der Waals surface area contributed by atoms with Crippen LogP contribution in [-0.2, 0) is 24.1 Å². The average Bonchev–Trinajstić information content (AvgIpc) is 2.74. The van der Waals surface area contributed by atoms with Gasteiger partial charge in [-0.1, -0.05) is 20.8 Å². The highest BCUT2D eigenvalue weighted by Crippen LogP contribution is 2.27. The maximum Gasteiger partial charge on any atom is 0.450 e. The molecular weight excluding hydrogens is 273 g/mol. The van der Waals surface area contributed by atoms with Crippen LogP contribution in [0.25, 0.3) is 0 Å². The van der Waals surface area contributed by atoms with Crippen molar-refractivity contribution in [3.8, 4) is 0 Å². The van der Waals surface area contributed by atoms with Gasteiger partial charge in [0.25, 0.3) is 0 Å². The highest BCUT2D eigenvalue weighted by Gasteiger charge is 2.40. The molecule has 0 bridgehead atoms. The molecule has 0 aromatic carbocycles. The van der Waals surface area contributed by atoms with Crippen molar-refractivity contribution in [3.63, 3.8) is 0 Å². The van der Waals surface area contributed by atoms with Crippen LogP contribution in [0.2, 0.25) is 0 Å². The summed E-state index contributed by atoms with van der Waals surface area (Å²) in [5.41, 5.74) is 1.47. The van der Waals surface area contributed by atoms with Gasteiger partial charge in [0, 0.05) is 12.0 Å². The van der Waals surface area contributed by atoms with Gasteiger partial charge in [0.1, 0.15) is 5.76 Å². The van der Waals surface area contributed by atoms with Crippen LogP contribution in [0.15, 0.2) is 4.42 Å². The van der Waals surface area contributed by atoms with E-state index in [9.17, 15) is 22.8 Å². The summed E-state index contributed by atoms with van der Waals surface area (Å²) in [6.45, 7) is 5.52. The third kappa shape index (κ3) is 3.29. The topological polar surface area (TPSA) is 47.3 Å². The Bertz CT molecular complexity index is 512. The predicted octanol–water partition coefficient (Wildman–Crippen LogP) is 3.67. The second-order valence-electron chi connectivity index (χ2n) is 4.39. The number of carbonyl (C=O) groups excluding carboxylic acids is 2. The highest BCUT2D eigenvalue weighted by molar-refractivity contribution is 6.09. The summed E-state index contributed by atoms with van der Waals surface area (Å²) in [5.74, 6) is -2.44. The summed E-state index contributed by atoms with van der Waals surface area (Å²) in [4.78, 5) is 22.8. The molecule has 6 heteroatoms. The van der Waals surface area contributed by atoms with E-state index in [-0.39, 0.29) is 5.76 Å². The largest absolute Gasteiger partial charge is 0.457 e. The standard InChI is InChI=1S/C14H17F3O3/c1-4-8-9(5-2)13(20-11(8)6-3)10(18)7-12(19)14(15,16)17/h4-7H2,1-3H3. The lowest BCUT2D eigenvalue weighted by Crippen LogP contribution is -2.25. The zero-order valence-electron chi connectivity index (χ0n) is 11.7. The molecule has 0 unspecified atom stereocenters. The minimum absolute atomic E-state index is 0.0983. The molecule has 0 spiro atoms. The summed E-state index contributed by atoms with van der Waals surface area (Å²) in [5, 5.41) is 0. The third-order valence-electron chi connectivity index (χ3n) is 3.12. The second kappa shape index (κ2) is 6.24. The summed E-state index contributed by atoms with van der Waals surface area (Å²) in [6, 6.07) is 0. The van der Waals surface area contributed by atoms with Crippen LogP contribution >= 0.6 is 0 Å². The Morgan fingerprint density at radius 3 is 1.95 bits per heavy atom. The van der Waals surface area contributed by atoms with Crippen LogP contribution in [0.4, 0.5) is 13.2 Å². The van der Waals surface area contributed by atoms with E-state index < -0.39 is 24.2 Å². The van der Waals surface area contributed by atoms with E-state index in [0.717, 1.165) is 5.56 Å². The van der Waals surface area contributed by atoms with Gasteiger partial charge < -0.3 is 4.42 Å². The lowest BCUT2D eigenvalue weighted by atomic mass is 10.00. The van der Waals surface area contributed by atoms with E-state index in [1.165, 1.54) is 0 Å². The first-order chi connectivity index (χ1) is 9.26. The van der Waals surface area contributed by atoms with Crippen LogP contribution in [0, 0.1) is 0 Å². The van der Waals surface area contributed by atoms with Crippen molar-refractivity contribution in [1.29, 1.82) is 0 Å². The zero-order valence-corrected chi connectivity index (χ0v) is 11.7. The molecule has 1 rings (SSSR count). The first-order valence-electron chi connectivity index (χ1n) is 6.52. The molecule has 0 aliphatic rings. The van der Waals surface area contributed by atoms with Crippen LogP contribution in [-0.4, -0.2) is 17.7 Å². The second-order valence-corrected chi connectivity index (χ2v) is 4.39. The lowest BCUT2D eigenvalue weighted by molar-refractivity contribution is -0.170. The number of rotatable bonds is 6. The normalized spacial score (nSPS) is 11.7. The predicted molar refractivity (Wildman–Crippen MR) is 66.9 cm³/mol. The van der Waals surface area contributed by atoms with Gasteiger partial charge in [0.05, 0.1) is 6.42 Å². The van der Waals surface area contributed by atoms with Gasteiger partial charge in [0.2, 0.25) is 11.6 Å². The van der Waals surface area contributed by atoms with Gasteiger partial charge in [-0.2, -0.15) is 13.2 Å². The number of halogens is 3. The van der Waals surface area contributed by atoms with Crippen LogP contribution in [0.3, 0.4) is 0 Å². The molecule has 0 atom stereocenters. The Kier molecular flexibility index (Phi) is 5.14. The number of hydrogen-bond acceptors (Lipinski definition) is 3. The molecule has 0 aliphatic carbocycles. The monoisotopic (exact) mass is 290 g/mol. The third-order valence-corrected chi connectivity index (χ3v) is 3.12. The van der Waals surface area contributed by atoms with Crippen molar-refractivity contribution in [3.05, 3.63) is 22.6 Å². The lowest BCUT2D eigenvalue weighted by Gasteiger charge is -2.04. The molecule has 0 N–H and O–H groups in total. The fraction of sp³-hybridized carbons (Fsp3) is 0.571. The van der Waals surface area contributed by atoms with E-state index in [1.807, 2.05) is 13.8 Å². The smallest absolute Gasteiger partial charge is 0.450 e. The molecule has 1 heterocycles. The molecule has 0 saturated heterocycles. The molecule has 3 nitrogen and oxygen atoms in total. The maximum atomic E-state index is 12.2. The van der Waals surface area contributed by atoms with Gasteiger partial charge in [-0.15, -0.1) is 0 Å². The van der Waals surface area contributed by atoms with E-state index in [0.29, 0.717) is 30.6 Å². The Morgan fingerprint density at radius 1 is 1.00 bits per heavy atom. The van der Waals surface area contributed by atoms with Crippen molar-refractivity contribution in [2.75, 3.05) is 0 Å². The molecule has 1 aromatic heterocycles. The number of Topliss-reactive ketones (excluding diaryl/α,β-unsaturated/α-hetero) is 2. The minimum Gasteiger partial charge on any atom is -0.457 e. The molecule has 0 amide bonds. The molecular formula is C14H17F3O3. The van der Waals surface area contributed by atoms with Crippen molar-refractivity contribution in [2.45, 2.75) is 52.6 Å². The van der Waals surface area contributed by atoms with Crippen molar-refractivity contribution in [1.82, 2.24) is 0 Å². The quantitative estimate of drug-likeness (QED) is 0.593. The first-order valence-corrected chi connectivity index (χ1v) is 6.52. The summed E-state index contributed by atoms with van der Waals surface area (Å²) < 4.78 is 42.0. The SMILES string of the molecule is CCc1oc(C(=O)CC(=O)C(F)(F)F)c(CC)c1CC. The average molecular weight is 290 g/mol. The van der Waals surface area contributed by atoms with Crippen molar-refractivity contribution in [2.24, 2.45) is 0 Å². The van der Waals surface area contributed by atoms with Crippen molar-refractivity contribution < 1.29 is 27.2 Å². The first kappa shape index (κ1) is 16.5. The van der Waals surface area contributed by atoms with Crippen molar-refractivity contribution >= 4 is 11.6 Å². The summed E-state index contributed by atoms with van der Waals surface area (Å²) >= 11 is 0.